The van der Waals surface area contributed by atoms with E-state index in [9.17, 15) is 4.39 Å². The lowest BCUT2D eigenvalue weighted by molar-refractivity contribution is 0.397. The van der Waals surface area contributed by atoms with Gasteiger partial charge >= 0.3 is 0 Å². The van der Waals surface area contributed by atoms with Crippen LogP contribution in [-0.2, 0) is 0 Å². The molecule has 84 valence electrons. The number of phenolic OH excluding ortho intramolecular Hbond substituents is 1. The van der Waals surface area contributed by atoms with Crippen LogP contribution in [0.5, 0.6) is 5.75 Å². The maximum absolute atomic E-state index is 13.4. The first kappa shape index (κ1) is 12.3. The predicted octanol–water partition coefficient (Wildman–Crippen LogP) is 2.77. The summed E-state index contributed by atoms with van der Waals surface area (Å²) >= 11 is 0. The van der Waals surface area contributed by atoms with Crippen LogP contribution in [0.3, 0.4) is 0 Å². The Hall–Kier alpha value is -0.800. The molecule has 0 unspecified atom stereocenters. The SMILES string of the molecule is Cl.Oc1ccc([C@@H]2CCCCN2)c(F)c1. The fourth-order valence-electron chi connectivity index (χ4n) is 1.92. The van der Waals surface area contributed by atoms with Crippen molar-refractivity contribution in [3.8, 4) is 5.75 Å². The molecular weight excluding hydrogens is 217 g/mol. The van der Waals surface area contributed by atoms with Gasteiger partial charge in [-0.2, -0.15) is 0 Å². The molecule has 0 bridgehead atoms. The molecule has 1 aliphatic heterocycles. The predicted molar refractivity (Wildman–Crippen MR) is 59.9 cm³/mol. The molecular formula is C11H15ClFNO. The molecule has 1 aliphatic rings. The van der Waals surface area contributed by atoms with E-state index in [1.54, 1.807) is 6.07 Å². The van der Waals surface area contributed by atoms with E-state index in [2.05, 4.69) is 5.32 Å². The average Bonchev–Trinajstić information content (AvgIpc) is 2.19. The zero-order valence-corrected chi connectivity index (χ0v) is 9.19. The van der Waals surface area contributed by atoms with Gasteiger partial charge in [0.2, 0.25) is 0 Å². The largest absolute Gasteiger partial charge is 0.508 e. The summed E-state index contributed by atoms with van der Waals surface area (Å²) in [5, 5.41) is 12.3. The third kappa shape index (κ3) is 2.83. The number of piperidine rings is 1. The minimum atomic E-state index is -0.315. The maximum atomic E-state index is 13.4. The highest BCUT2D eigenvalue weighted by atomic mass is 35.5. The van der Waals surface area contributed by atoms with Crippen LogP contribution >= 0.6 is 12.4 Å². The molecule has 0 saturated carbocycles. The van der Waals surface area contributed by atoms with E-state index in [0.29, 0.717) is 5.56 Å². The molecule has 2 nitrogen and oxygen atoms in total. The number of rotatable bonds is 1. The van der Waals surface area contributed by atoms with E-state index in [1.807, 2.05) is 0 Å². The minimum absolute atomic E-state index is 0. The van der Waals surface area contributed by atoms with Gasteiger partial charge < -0.3 is 10.4 Å². The lowest BCUT2D eigenvalue weighted by Crippen LogP contribution is -2.27. The van der Waals surface area contributed by atoms with Gasteiger partial charge in [0.15, 0.2) is 0 Å². The highest BCUT2D eigenvalue weighted by Gasteiger charge is 2.17. The van der Waals surface area contributed by atoms with Crippen LogP contribution in [0.2, 0.25) is 0 Å². The van der Waals surface area contributed by atoms with Crippen molar-refractivity contribution in [3.63, 3.8) is 0 Å². The fraction of sp³-hybridized carbons (Fsp3) is 0.455. The number of benzene rings is 1. The van der Waals surface area contributed by atoms with Crippen LogP contribution in [-0.4, -0.2) is 11.7 Å². The zero-order chi connectivity index (χ0) is 9.97. The summed E-state index contributed by atoms with van der Waals surface area (Å²) in [6, 6.07) is 4.48. The van der Waals surface area contributed by atoms with Crippen molar-refractivity contribution in [3.05, 3.63) is 29.6 Å². The molecule has 0 spiro atoms. The van der Waals surface area contributed by atoms with E-state index in [1.165, 1.54) is 12.1 Å². The molecule has 15 heavy (non-hydrogen) atoms. The molecule has 0 amide bonds. The van der Waals surface area contributed by atoms with Crippen LogP contribution in [0.25, 0.3) is 0 Å². The summed E-state index contributed by atoms with van der Waals surface area (Å²) in [4.78, 5) is 0. The van der Waals surface area contributed by atoms with Gasteiger partial charge in [0.25, 0.3) is 0 Å². The first-order valence-electron chi connectivity index (χ1n) is 4.99. The Morgan fingerprint density at radius 1 is 1.33 bits per heavy atom. The van der Waals surface area contributed by atoms with E-state index in [0.717, 1.165) is 25.8 Å². The van der Waals surface area contributed by atoms with Crippen molar-refractivity contribution in [1.29, 1.82) is 0 Å². The van der Waals surface area contributed by atoms with E-state index >= 15 is 0 Å². The van der Waals surface area contributed by atoms with Crippen molar-refractivity contribution >= 4 is 12.4 Å². The fourth-order valence-corrected chi connectivity index (χ4v) is 1.92. The Morgan fingerprint density at radius 2 is 2.13 bits per heavy atom. The molecule has 1 heterocycles. The number of nitrogens with one attached hydrogen (secondary N) is 1. The van der Waals surface area contributed by atoms with Crippen LogP contribution in [0.4, 0.5) is 4.39 Å². The Balaban J connectivity index is 0.00000112. The quantitative estimate of drug-likeness (QED) is 0.779. The Bertz CT molecular complexity index is 326. The first-order valence-corrected chi connectivity index (χ1v) is 4.99. The summed E-state index contributed by atoms with van der Waals surface area (Å²) in [6.45, 7) is 0.949. The Labute approximate surface area is 94.9 Å². The molecule has 0 aromatic heterocycles. The third-order valence-electron chi connectivity index (χ3n) is 2.67. The molecule has 0 aliphatic carbocycles. The van der Waals surface area contributed by atoms with Crippen molar-refractivity contribution in [2.75, 3.05) is 6.54 Å². The maximum Gasteiger partial charge on any atom is 0.131 e. The van der Waals surface area contributed by atoms with Gasteiger partial charge in [0.1, 0.15) is 11.6 Å². The van der Waals surface area contributed by atoms with Gasteiger partial charge in [0.05, 0.1) is 0 Å². The highest BCUT2D eigenvalue weighted by Crippen LogP contribution is 2.26. The molecule has 1 aromatic carbocycles. The molecule has 1 fully saturated rings. The van der Waals surface area contributed by atoms with E-state index < -0.39 is 0 Å². The van der Waals surface area contributed by atoms with Crippen molar-refractivity contribution < 1.29 is 9.50 Å². The lowest BCUT2D eigenvalue weighted by Gasteiger charge is -2.24. The molecule has 2 rings (SSSR count). The topological polar surface area (TPSA) is 32.3 Å². The molecule has 1 atom stereocenters. The lowest BCUT2D eigenvalue weighted by atomic mass is 9.97. The number of hydrogen-bond donors (Lipinski definition) is 2. The molecule has 1 saturated heterocycles. The molecule has 4 heteroatoms. The van der Waals surface area contributed by atoms with Crippen LogP contribution in [0.15, 0.2) is 18.2 Å². The summed E-state index contributed by atoms with van der Waals surface area (Å²) in [6.07, 6.45) is 3.27. The van der Waals surface area contributed by atoms with Crippen molar-refractivity contribution in [2.24, 2.45) is 0 Å². The second kappa shape index (κ2) is 5.33. The average molecular weight is 232 g/mol. The number of phenols is 1. The smallest absolute Gasteiger partial charge is 0.131 e. The first-order chi connectivity index (χ1) is 6.77. The normalized spacial score (nSPS) is 20.7. The standard InChI is InChI=1S/C11H14FNO.ClH/c12-10-7-8(14)4-5-9(10)11-3-1-2-6-13-11;/h4-5,7,11,13-14H,1-3,6H2;1H/t11-;/m0./s1. The number of aromatic hydroxyl groups is 1. The molecule has 1 aromatic rings. The van der Waals surface area contributed by atoms with Gasteiger partial charge in [-0.3, -0.25) is 0 Å². The third-order valence-corrected chi connectivity index (χ3v) is 2.67. The second-order valence-corrected chi connectivity index (χ2v) is 3.71. The van der Waals surface area contributed by atoms with Crippen LogP contribution < -0.4 is 5.32 Å². The Morgan fingerprint density at radius 3 is 2.73 bits per heavy atom. The van der Waals surface area contributed by atoms with Gasteiger partial charge in [-0.1, -0.05) is 12.5 Å². The monoisotopic (exact) mass is 231 g/mol. The highest BCUT2D eigenvalue weighted by molar-refractivity contribution is 5.85. The van der Waals surface area contributed by atoms with Crippen LogP contribution in [0.1, 0.15) is 30.9 Å². The second-order valence-electron chi connectivity index (χ2n) is 3.71. The van der Waals surface area contributed by atoms with E-state index in [-0.39, 0.29) is 30.0 Å². The van der Waals surface area contributed by atoms with Gasteiger partial charge in [0, 0.05) is 17.7 Å². The molecule has 2 N–H and O–H groups in total. The van der Waals surface area contributed by atoms with Gasteiger partial charge in [-0.05, 0) is 25.5 Å². The minimum Gasteiger partial charge on any atom is -0.508 e. The Kier molecular flexibility index (Phi) is 4.36. The number of halogens is 2. The molecule has 0 radical (unpaired) electrons. The van der Waals surface area contributed by atoms with Gasteiger partial charge in [-0.25, -0.2) is 4.39 Å². The summed E-state index contributed by atoms with van der Waals surface area (Å²) in [7, 11) is 0. The van der Waals surface area contributed by atoms with Crippen LogP contribution in [0, 0.1) is 5.82 Å². The number of hydrogen-bond acceptors (Lipinski definition) is 2. The summed E-state index contributed by atoms with van der Waals surface area (Å²) < 4.78 is 13.4. The van der Waals surface area contributed by atoms with Crippen molar-refractivity contribution in [1.82, 2.24) is 5.32 Å². The summed E-state index contributed by atoms with van der Waals surface area (Å²) in [5.41, 5.74) is 0.669. The van der Waals surface area contributed by atoms with Gasteiger partial charge in [-0.15, -0.1) is 12.4 Å². The zero-order valence-electron chi connectivity index (χ0n) is 8.37. The summed E-state index contributed by atoms with van der Waals surface area (Å²) in [5.74, 6) is -0.327. The van der Waals surface area contributed by atoms with Crippen molar-refractivity contribution in [2.45, 2.75) is 25.3 Å². The van der Waals surface area contributed by atoms with E-state index in [4.69, 9.17) is 5.11 Å².